The maximum atomic E-state index is 13.7. The van der Waals surface area contributed by atoms with E-state index in [-0.39, 0.29) is 16.0 Å². The average Bonchev–Trinajstić information content (AvgIpc) is 2.49. The SMILES string of the molecule is Cc1cc(S(=O)(=O)NCC2CCSCC2)cc(CO)c1F. The van der Waals surface area contributed by atoms with Gasteiger partial charge in [-0.25, -0.2) is 17.5 Å². The molecule has 2 N–H and O–H groups in total. The fraction of sp³-hybridized carbons (Fsp3) is 0.571. The summed E-state index contributed by atoms with van der Waals surface area (Å²) in [7, 11) is -3.67. The molecule has 4 nitrogen and oxygen atoms in total. The van der Waals surface area contributed by atoms with Crippen molar-refractivity contribution in [3.63, 3.8) is 0 Å². The van der Waals surface area contributed by atoms with Crippen molar-refractivity contribution in [2.75, 3.05) is 18.1 Å². The Labute approximate surface area is 129 Å². The van der Waals surface area contributed by atoms with Gasteiger partial charge in [0, 0.05) is 12.1 Å². The van der Waals surface area contributed by atoms with Crippen molar-refractivity contribution in [1.82, 2.24) is 4.72 Å². The highest BCUT2D eigenvalue weighted by Crippen LogP contribution is 2.23. The van der Waals surface area contributed by atoms with Gasteiger partial charge in [0.15, 0.2) is 0 Å². The van der Waals surface area contributed by atoms with E-state index in [1.54, 1.807) is 0 Å². The average molecular weight is 333 g/mol. The normalized spacial score (nSPS) is 17.1. The zero-order valence-corrected chi connectivity index (χ0v) is 13.6. The number of nitrogens with one attached hydrogen (secondary N) is 1. The van der Waals surface area contributed by atoms with Crippen LogP contribution in [-0.2, 0) is 16.6 Å². The number of thioether (sulfide) groups is 1. The van der Waals surface area contributed by atoms with Crippen molar-refractivity contribution in [1.29, 1.82) is 0 Å². The summed E-state index contributed by atoms with van der Waals surface area (Å²) >= 11 is 1.89. The third-order valence-electron chi connectivity index (χ3n) is 3.69. The Hall–Kier alpha value is -0.630. The van der Waals surface area contributed by atoms with Crippen LogP contribution in [0.1, 0.15) is 24.0 Å². The van der Waals surface area contributed by atoms with E-state index >= 15 is 0 Å². The number of aliphatic hydroxyl groups is 1. The molecule has 1 fully saturated rings. The van der Waals surface area contributed by atoms with Crippen LogP contribution in [0.4, 0.5) is 4.39 Å². The summed E-state index contributed by atoms with van der Waals surface area (Å²) in [6, 6.07) is 2.49. The molecular formula is C14H20FNO3S2. The highest BCUT2D eigenvalue weighted by molar-refractivity contribution is 7.99. The molecular weight excluding hydrogens is 313 g/mol. The second kappa shape index (κ2) is 7.09. The third kappa shape index (κ3) is 4.18. The fourth-order valence-corrected chi connectivity index (χ4v) is 4.79. The van der Waals surface area contributed by atoms with Crippen molar-refractivity contribution >= 4 is 21.8 Å². The van der Waals surface area contributed by atoms with Crippen molar-refractivity contribution < 1.29 is 17.9 Å². The lowest BCUT2D eigenvalue weighted by atomic mass is 10.0. The summed E-state index contributed by atoms with van der Waals surface area (Å²) < 4.78 is 40.8. The van der Waals surface area contributed by atoms with Crippen molar-refractivity contribution in [2.24, 2.45) is 5.92 Å². The van der Waals surface area contributed by atoms with E-state index in [9.17, 15) is 12.8 Å². The topological polar surface area (TPSA) is 66.4 Å². The number of aryl methyl sites for hydroxylation is 1. The first-order chi connectivity index (χ1) is 9.94. The highest BCUT2D eigenvalue weighted by Gasteiger charge is 2.21. The third-order valence-corrected chi connectivity index (χ3v) is 6.14. The second-order valence-electron chi connectivity index (χ2n) is 5.28. The number of sulfonamides is 1. The van der Waals surface area contributed by atoms with Crippen LogP contribution in [0.3, 0.4) is 0 Å². The van der Waals surface area contributed by atoms with E-state index in [4.69, 9.17) is 5.11 Å². The molecule has 21 heavy (non-hydrogen) atoms. The minimum Gasteiger partial charge on any atom is -0.392 e. The number of rotatable bonds is 5. The van der Waals surface area contributed by atoms with Crippen LogP contribution < -0.4 is 4.72 Å². The van der Waals surface area contributed by atoms with Crippen LogP contribution in [0.25, 0.3) is 0 Å². The monoisotopic (exact) mass is 333 g/mol. The van der Waals surface area contributed by atoms with Crippen LogP contribution >= 0.6 is 11.8 Å². The molecule has 2 rings (SSSR count). The molecule has 1 aromatic rings. The van der Waals surface area contributed by atoms with E-state index in [1.165, 1.54) is 19.1 Å². The van der Waals surface area contributed by atoms with Gasteiger partial charge in [0.1, 0.15) is 5.82 Å². The smallest absolute Gasteiger partial charge is 0.240 e. The lowest BCUT2D eigenvalue weighted by Gasteiger charge is -2.21. The van der Waals surface area contributed by atoms with E-state index in [2.05, 4.69) is 4.72 Å². The first-order valence-corrected chi connectivity index (χ1v) is 9.55. The molecule has 7 heteroatoms. The van der Waals surface area contributed by atoms with Crippen LogP contribution in [-0.4, -0.2) is 31.6 Å². The lowest BCUT2D eigenvalue weighted by molar-refractivity contribution is 0.275. The molecule has 0 amide bonds. The molecule has 1 heterocycles. The number of halogens is 1. The molecule has 1 saturated heterocycles. The zero-order valence-electron chi connectivity index (χ0n) is 11.9. The van der Waals surface area contributed by atoms with Crippen molar-refractivity contribution in [2.45, 2.75) is 31.3 Å². The Morgan fingerprint density at radius 1 is 1.38 bits per heavy atom. The largest absolute Gasteiger partial charge is 0.392 e. The zero-order chi connectivity index (χ0) is 15.5. The van der Waals surface area contributed by atoms with Gasteiger partial charge in [-0.2, -0.15) is 11.8 Å². The molecule has 0 aromatic heterocycles. The molecule has 1 aromatic carbocycles. The van der Waals surface area contributed by atoms with E-state index in [0.29, 0.717) is 12.5 Å². The van der Waals surface area contributed by atoms with Crippen LogP contribution in [0.2, 0.25) is 0 Å². The minimum absolute atomic E-state index is 0.00411. The quantitative estimate of drug-likeness (QED) is 0.865. The molecule has 0 atom stereocenters. The molecule has 118 valence electrons. The summed E-state index contributed by atoms with van der Waals surface area (Å²) in [6.45, 7) is 1.38. The summed E-state index contributed by atoms with van der Waals surface area (Å²) in [4.78, 5) is 0.00985. The van der Waals surface area contributed by atoms with Crippen LogP contribution in [0.15, 0.2) is 17.0 Å². The Balaban J connectivity index is 2.13. The fourth-order valence-electron chi connectivity index (χ4n) is 2.34. The first-order valence-electron chi connectivity index (χ1n) is 6.91. The number of aliphatic hydroxyl groups excluding tert-OH is 1. The number of benzene rings is 1. The van der Waals surface area contributed by atoms with Gasteiger partial charge in [-0.15, -0.1) is 0 Å². The van der Waals surface area contributed by atoms with E-state index < -0.39 is 22.4 Å². The molecule has 1 aliphatic rings. The predicted octanol–water partition coefficient (Wildman–Crippen LogP) is 2.05. The molecule has 0 spiro atoms. The predicted molar refractivity (Wildman–Crippen MR) is 82.3 cm³/mol. The molecule has 0 unspecified atom stereocenters. The minimum atomic E-state index is -3.67. The van der Waals surface area contributed by atoms with E-state index in [0.717, 1.165) is 24.3 Å². The molecule has 0 aliphatic carbocycles. The Morgan fingerprint density at radius 3 is 2.67 bits per heavy atom. The Kier molecular flexibility index (Phi) is 5.65. The van der Waals surface area contributed by atoms with Crippen LogP contribution in [0, 0.1) is 18.7 Å². The van der Waals surface area contributed by atoms with Crippen molar-refractivity contribution in [3.8, 4) is 0 Å². The summed E-state index contributed by atoms with van der Waals surface area (Å²) in [5.74, 6) is 1.94. The summed E-state index contributed by atoms with van der Waals surface area (Å²) in [5, 5.41) is 9.11. The van der Waals surface area contributed by atoms with Gasteiger partial charge in [-0.05, 0) is 54.9 Å². The van der Waals surface area contributed by atoms with Gasteiger partial charge in [0.25, 0.3) is 0 Å². The van der Waals surface area contributed by atoms with E-state index in [1.807, 2.05) is 11.8 Å². The molecule has 1 aliphatic heterocycles. The molecule has 0 saturated carbocycles. The van der Waals surface area contributed by atoms with Gasteiger partial charge in [0.2, 0.25) is 10.0 Å². The van der Waals surface area contributed by atoms with Crippen LogP contribution in [0.5, 0.6) is 0 Å². The summed E-state index contributed by atoms with van der Waals surface area (Å²) in [5.41, 5.74) is 0.223. The molecule has 0 radical (unpaired) electrons. The summed E-state index contributed by atoms with van der Waals surface area (Å²) in [6.07, 6.45) is 2.02. The van der Waals surface area contributed by atoms with Gasteiger partial charge in [-0.1, -0.05) is 0 Å². The number of hydrogen-bond acceptors (Lipinski definition) is 4. The number of hydrogen-bond donors (Lipinski definition) is 2. The van der Waals surface area contributed by atoms with Crippen molar-refractivity contribution in [3.05, 3.63) is 29.1 Å². The van der Waals surface area contributed by atoms with Gasteiger partial charge >= 0.3 is 0 Å². The standard InChI is InChI=1S/C14H20FNO3S2/c1-10-6-13(7-12(9-17)14(10)15)21(18,19)16-8-11-2-4-20-5-3-11/h6-7,11,16-17H,2-5,8-9H2,1H3. The Morgan fingerprint density at radius 2 is 2.05 bits per heavy atom. The maximum absolute atomic E-state index is 13.7. The lowest BCUT2D eigenvalue weighted by Crippen LogP contribution is -2.31. The molecule has 0 bridgehead atoms. The highest BCUT2D eigenvalue weighted by atomic mass is 32.2. The maximum Gasteiger partial charge on any atom is 0.240 e. The second-order valence-corrected chi connectivity index (χ2v) is 8.27. The van der Waals surface area contributed by atoms with Gasteiger partial charge in [-0.3, -0.25) is 0 Å². The van der Waals surface area contributed by atoms with Gasteiger partial charge in [0.05, 0.1) is 11.5 Å². The first kappa shape index (κ1) is 16.7. The Bertz CT molecular complexity index is 598. The van der Waals surface area contributed by atoms with Gasteiger partial charge < -0.3 is 5.11 Å².